The maximum atomic E-state index is 13.7. The maximum absolute atomic E-state index is 13.7. The van der Waals surface area contributed by atoms with Gasteiger partial charge in [0.2, 0.25) is 11.8 Å². The van der Waals surface area contributed by atoms with Crippen LogP contribution in [0.1, 0.15) is 37.3 Å². The molecule has 39 heavy (non-hydrogen) atoms. The number of benzene rings is 2. The first-order valence-corrected chi connectivity index (χ1v) is 13.5. The van der Waals surface area contributed by atoms with Crippen molar-refractivity contribution in [2.24, 2.45) is 0 Å². The van der Waals surface area contributed by atoms with E-state index in [-0.39, 0.29) is 30.9 Å². The Kier molecular flexibility index (Phi) is 9.29. The van der Waals surface area contributed by atoms with Gasteiger partial charge in [0, 0.05) is 20.1 Å². The third-order valence-corrected chi connectivity index (χ3v) is 7.38. The number of fused-ring (bicyclic) bond motifs is 1. The molecule has 2 heterocycles. The van der Waals surface area contributed by atoms with Gasteiger partial charge >= 0.3 is 6.03 Å². The summed E-state index contributed by atoms with van der Waals surface area (Å²) in [6.07, 6.45) is 2.30. The maximum Gasteiger partial charge on any atom is 0.334 e. The molecule has 2 atom stereocenters. The lowest BCUT2D eigenvalue weighted by Gasteiger charge is -2.54. The standard InChI is InChI=1S/C29H39N5O5/c1-5-6-12-23-28(36)32(16-15-21-13-14-24(38-3)25(17-21)39-4)19-26-33(23)27(35)20-31(2)34(26)29(37)30-18-22-10-8-7-9-11-22/h7-11,13-14,17,23,26H,5-6,12,15-16,18-20H2,1-4H3,(H,30,37). The fourth-order valence-corrected chi connectivity index (χ4v) is 5.34. The Morgan fingerprint density at radius 1 is 1.03 bits per heavy atom. The number of unbranched alkanes of at least 4 members (excludes halogenated alkanes) is 1. The monoisotopic (exact) mass is 537 g/mol. The molecule has 4 amide bonds. The number of rotatable bonds is 10. The molecule has 2 aliphatic rings. The van der Waals surface area contributed by atoms with Crippen molar-refractivity contribution in [1.82, 2.24) is 25.1 Å². The van der Waals surface area contributed by atoms with Gasteiger partial charge in [-0.25, -0.2) is 14.8 Å². The van der Waals surface area contributed by atoms with Crippen molar-refractivity contribution < 1.29 is 23.9 Å². The molecule has 0 aromatic heterocycles. The second kappa shape index (κ2) is 12.8. The number of urea groups is 1. The number of nitrogens with one attached hydrogen (secondary N) is 1. The smallest absolute Gasteiger partial charge is 0.334 e. The van der Waals surface area contributed by atoms with E-state index in [0.717, 1.165) is 24.0 Å². The van der Waals surface area contributed by atoms with E-state index in [9.17, 15) is 14.4 Å². The number of amides is 4. The molecule has 2 aromatic rings. The van der Waals surface area contributed by atoms with Crippen LogP contribution in [-0.4, -0.2) is 90.8 Å². The number of piperazine rings is 1. The zero-order chi connectivity index (χ0) is 27.9. The predicted molar refractivity (Wildman–Crippen MR) is 147 cm³/mol. The second-order valence-corrected chi connectivity index (χ2v) is 9.97. The molecule has 2 fully saturated rings. The summed E-state index contributed by atoms with van der Waals surface area (Å²) in [7, 11) is 4.93. The van der Waals surface area contributed by atoms with Crippen LogP contribution in [0.15, 0.2) is 48.5 Å². The van der Waals surface area contributed by atoms with Gasteiger partial charge in [-0.3, -0.25) is 9.59 Å². The Hall–Kier alpha value is -3.79. The number of nitrogens with zero attached hydrogens (tertiary/aromatic N) is 4. The minimum absolute atomic E-state index is 0.0385. The molecule has 210 valence electrons. The number of hydrogen-bond donors (Lipinski definition) is 1. The molecule has 2 aliphatic heterocycles. The van der Waals surface area contributed by atoms with Crippen LogP contribution in [0.3, 0.4) is 0 Å². The van der Waals surface area contributed by atoms with E-state index in [1.807, 2.05) is 48.5 Å². The quantitative estimate of drug-likeness (QED) is 0.501. The van der Waals surface area contributed by atoms with Crippen molar-refractivity contribution in [3.8, 4) is 11.5 Å². The fraction of sp³-hybridized carbons (Fsp3) is 0.483. The van der Waals surface area contributed by atoms with Crippen LogP contribution < -0.4 is 14.8 Å². The van der Waals surface area contributed by atoms with Gasteiger partial charge in [-0.15, -0.1) is 0 Å². The molecule has 2 aromatic carbocycles. The van der Waals surface area contributed by atoms with Crippen LogP contribution in [0.25, 0.3) is 0 Å². The van der Waals surface area contributed by atoms with E-state index in [2.05, 4.69) is 12.2 Å². The number of hydrazine groups is 1. The Balaban J connectivity index is 1.55. The summed E-state index contributed by atoms with van der Waals surface area (Å²) in [4.78, 5) is 43.9. The number of hydrogen-bond acceptors (Lipinski definition) is 6. The summed E-state index contributed by atoms with van der Waals surface area (Å²) >= 11 is 0. The lowest BCUT2D eigenvalue weighted by atomic mass is 10.0. The van der Waals surface area contributed by atoms with Crippen LogP contribution in [0.4, 0.5) is 4.79 Å². The summed E-state index contributed by atoms with van der Waals surface area (Å²) < 4.78 is 10.8. The van der Waals surface area contributed by atoms with Gasteiger partial charge in [0.25, 0.3) is 0 Å². The second-order valence-electron chi connectivity index (χ2n) is 9.97. The SMILES string of the molecule is CCCCC1C(=O)N(CCc2ccc(OC)c(OC)c2)CC2N1C(=O)CN(C)N2C(=O)NCc1ccccc1. The molecular weight excluding hydrogens is 498 g/mol. The van der Waals surface area contributed by atoms with Gasteiger partial charge < -0.3 is 24.6 Å². The van der Waals surface area contributed by atoms with Gasteiger partial charge in [-0.2, -0.15) is 0 Å². The molecular formula is C29H39N5O5. The first kappa shape index (κ1) is 28.2. The van der Waals surface area contributed by atoms with Gasteiger partial charge in [-0.05, 0) is 36.1 Å². The predicted octanol–water partition coefficient (Wildman–Crippen LogP) is 2.87. The Morgan fingerprint density at radius 3 is 2.46 bits per heavy atom. The van der Waals surface area contributed by atoms with Gasteiger partial charge in [0.1, 0.15) is 12.2 Å². The molecule has 0 bridgehead atoms. The number of methoxy groups -OCH3 is 2. The van der Waals surface area contributed by atoms with Crippen molar-refractivity contribution >= 4 is 17.8 Å². The van der Waals surface area contributed by atoms with Crippen LogP contribution >= 0.6 is 0 Å². The fourth-order valence-electron chi connectivity index (χ4n) is 5.34. The topological polar surface area (TPSA) is 94.7 Å². The molecule has 2 unspecified atom stereocenters. The number of ether oxygens (including phenoxy) is 2. The molecule has 0 saturated carbocycles. The highest BCUT2D eigenvalue weighted by molar-refractivity contribution is 5.91. The van der Waals surface area contributed by atoms with E-state index in [1.54, 1.807) is 41.1 Å². The van der Waals surface area contributed by atoms with Crippen molar-refractivity contribution in [3.05, 3.63) is 59.7 Å². The molecule has 10 nitrogen and oxygen atoms in total. The molecule has 2 saturated heterocycles. The number of carbonyl (C=O) groups is 3. The van der Waals surface area contributed by atoms with Crippen molar-refractivity contribution in [1.29, 1.82) is 0 Å². The largest absolute Gasteiger partial charge is 0.493 e. The minimum atomic E-state index is -0.597. The Labute approximate surface area is 230 Å². The van der Waals surface area contributed by atoms with E-state index >= 15 is 0 Å². The molecule has 10 heteroatoms. The van der Waals surface area contributed by atoms with E-state index in [4.69, 9.17) is 9.47 Å². The first-order valence-electron chi connectivity index (χ1n) is 13.5. The van der Waals surface area contributed by atoms with Gasteiger partial charge in [0.15, 0.2) is 11.5 Å². The highest BCUT2D eigenvalue weighted by Gasteiger charge is 2.50. The third-order valence-electron chi connectivity index (χ3n) is 7.38. The number of carbonyl (C=O) groups excluding carboxylic acids is 3. The highest BCUT2D eigenvalue weighted by Crippen LogP contribution is 2.30. The molecule has 0 radical (unpaired) electrons. The number of likely N-dealkylation sites (N-methyl/N-ethyl adjacent to an activating group) is 1. The van der Waals surface area contributed by atoms with Crippen molar-refractivity contribution in [2.45, 2.75) is 51.4 Å². The zero-order valence-electron chi connectivity index (χ0n) is 23.3. The van der Waals surface area contributed by atoms with Gasteiger partial charge in [-0.1, -0.05) is 56.2 Å². The van der Waals surface area contributed by atoms with Crippen LogP contribution in [0.2, 0.25) is 0 Å². The Morgan fingerprint density at radius 2 is 1.77 bits per heavy atom. The van der Waals surface area contributed by atoms with Crippen LogP contribution in [0.5, 0.6) is 11.5 Å². The lowest BCUT2D eigenvalue weighted by Crippen LogP contribution is -2.76. The van der Waals surface area contributed by atoms with Gasteiger partial charge in [0.05, 0.1) is 27.3 Å². The highest BCUT2D eigenvalue weighted by atomic mass is 16.5. The summed E-state index contributed by atoms with van der Waals surface area (Å²) in [6, 6.07) is 14.5. The summed E-state index contributed by atoms with van der Waals surface area (Å²) in [5, 5.41) is 6.24. The molecule has 0 aliphatic carbocycles. The van der Waals surface area contributed by atoms with Crippen LogP contribution in [-0.2, 0) is 22.6 Å². The average molecular weight is 538 g/mol. The van der Waals surface area contributed by atoms with Crippen molar-refractivity contribution in [2.75, 3.05) is 40.9 Å². The van der Waals surface area contributed by atoms with E-state index in [0.29, 0.717) is 37.4 Å². The lowest BCUT2D eigenvalue weighted by molar-refractivity contribution is -0.187. The first-order chi connectivity index (χ1) is 18.9. The molecule has 4 rings (SSSR count). The zero-order valence-corrected chi connectivity index (χ0v) is 23.3. The molecule has 1 N–H and O–H groups in total. The Bertz CT molecular complexity index is 1160. The van der Waals surface area contributed by atoms with E-state index in [1.165, 1.54) is 0 Å². The summed E-state index contributed by atoms with van der Waals surface area (Å²) in [5.41, 5.74) is 1.98. The third kappa shape index (κ3) is 6.27. The van der Waals surface area contributed by atoms with E-state index < -0.39 is 12.2 Å². The average Bonchev–Trinajstić information content (AvgIpc) is 2.95. The summed E-state index contributed by atoms with van der Waals surface area (Å²) in [6.45, 7) is 3.17. The minimum Gasteiger partial charge on any atom is -0.493 e. The summed E-state index contributed by atoms with van der Waals surface area (Å²) in [5.74, 6) is 1.07. The van der Waals surface area contributed by atoms with Crippen molar-refractivity contribution in [3.63, 3.8) is 0 Å². The van der Waals surface area contributed by atoms with Crippen LogP contribution in [0, 0.1) is 0 Å². The normalized spacial score (nSPS) is 19.6. The molecule has 0 spiro atoms.